The van der Waals surface area contributed by atoms with Crippen molar-refractivity contribution in [1.82, 2.24) is 5.32 Å². The molecule has 0 atom stereocenters. The van der Waals surface area contributed by atoms with E-state index in [4.69, 9.17) is 4.74 Å². The summed E-state index contributed by atoms with van der Waals surface area (Å²) >= 11 is 0. The molecule has 1 aliphatic rings. The molecule has 0 unspecified atom stereocenters. The van der Waals surface area contributed by atoms with E-state index in [1.165, 1.54) is 19.3 Å². The second kappa shape index (κ2) is 8.95. The van der Waals surface area contributed by atoms with Gasteiger partial charge in [0.1, 0.15) is 5.54 Å². The lowest BCUT2D eigenvalue weighted by atomic mass is 9.90. The van der Waals surface area contributed by atoms with Gasteiger partial charge >= 0.3 is 5.97 Å². The SMILES string of the molecule is CCCCCCCCC(=O)NC1(C(=O)O)CCOCC1. The first kappa shape index (κ1) is 17.0. The van der Waals surface area contributed by atoms with E-state index in [2.05, 4.69) is 12.2 Å². The molecule has 116 valence electrons. The van der Waals surface area contributed by atoms with Crippen molar-refractivity contribution in [2.75, 3.05) is 13.2 Å². The van der Waals surface area contributed by atoms with Crippen molar-refractivity contribution in [1.29, 1.82) is 0 Å². The first-order valence-electron chi connectivity index (χ1n) is 7.73. The average molecular weight is 285 g/mol. The first-order valence-corrected chi connectivity index (χ1v) is 7.73. The fourth-order valence-corrected chi connectivity index (χ4v) is 2.51. The van der Waals surface area contributed by atoms with Crippen LogP contribution in [0.25, 0.3) is 0 Å². The van der Waals surface area contributed by atoms with Crippen LogP contribution >= 0.6 is 0 Å². The van der Waals surface area contributed by atoms with E-state index < -0.39 is 11.5 Å². The van der Waals surface area contributed by atoms with Crippen molar-refractivity contribution in [3.8, 4) is 0 Å². The fourth-order valence-electron chi connectivity index (χ4n) is 2.51. The summed E-state index contributed by atoms with van der Waals surface area (Å²) < 4.78 is 5.18. The van der Waals surface area contributed by atoms with E-state index >= 15 is 0 Å². The van der Waals surface area contributed by atoms with E-state index in [1.807, 2.05) is 0 Å². The molecule has 5 nitrogen and oxygen atoms in total. The van der Waals surface area contributed by atoms with Crippen LogP contribution in [-0.2, 0) is 14.3 Å². The van der Waals surface area contributed by atoms with Crippen LogP contribution in [0.3, 0.4) is 0 Å². The van der Waals surface area contributed by atoms with Gasteiger partial charge in [-0.25, -0.2) is 4.79 Å². The van der Waals surface area contributed by atoms with Gasteiger partial charge in [0.2, 0.25) is 5.91 Å². The summed E-state index contributed by atoms with van der Waals surface area (Å²) in [6.45, 7) is 2.96. The van der Waals surface area contributed by atoms with E-state index in [-0.39, 0.29) is 5.91 Å². The monoisotopic (exact) mass is 285 g/mol. The maximum atomic E-state index is 11.9. The van der Waals surface area contributed by atoms with Crippen molar-refractivity contribution in [3.05, 3.63) is 0 Å². The normalized spacial score (nSPS) is 17.6. The second-order valence-corrected chi connectivity index (χ2v) is 5.57. The summed E-state index contributed by atoms with van der Waals surface area (Å²) in [6.07, 6.45) is 7.82. The Balaban J connectivity index is 2.27. The summed E-state index contributed by atoms with van der Waals surface area (Å²) in [4.78, 5) is 23.3. The Bertz CT molecular complexity index is 311. The van der Waals surface area contributed by atoms with E-state index in [0.29, 0.717) is 32.5 Å². The number of hydrogen-bond donors (Lipinski definition) is 2. The Morgan fingerprint density at radius 2 is 1.70 bits per heavy atom. The molecule has 0 aromatic rings. The standard InChI is InChI=1S/C15H27NO4/c1-2-3-4-5-6-7-8-13(17)16-15(14(18)19)9-11-20-12-10-15/h2-12H2,1H3,(H,16,17)(H,18,19). The predicted molar refractivity (Wildman–Crippen MR) is 76.6 cm³/mol. The highest BCUT2D eigenvalue weighted by Crippen LogP contribution is 2.21. The Morgan fingerprint density at radius 1 is 1.10 bits per heavy atom. The number of carboxylic acids is 1. The minimum absolute atomic E-state index is 0.148. The summed E-state index contributed by atoms with van der Waals surface area (Å²) in [7, 11) is 0. The third-order valence-electron chi connectivity index (χ3n) is 3.89. The largest absolute Gasteiger partial charge is 0.480 e. The number of hydrogen-bond acceptors (Lipinski definition) is 3. The van der Waals surface area contributed by atoms with Crippen LogP contribution in [0, 0.1) is 0 Å². The molecule has 0 aromatic carbocycles. The lowest BCUT2D eigenvalue weighted by molar-refractivity contribution is -0.152. The fraction of sp³-hybridized carbons (Fsp3) is 0.867. The zero-order chi connectivity index (χ0) is 14.8. The van der Waals surface area contributed by atoms with Crippen LogP contribution in [-0.4, -0.2) is 35.7 Å². The van der Waals surface area contributed by atoms with Gasteiger partial charge in [-0.3, -0.25) is 4.79 Å². The molecule has 1 heterocycles. The van der Waals surface area contributed by atoms with Crippen molar-refractivity contribution >= 4 is 11.9 Å². The summed E-state index contributed by atoms with van der Waals surface area (Å²) in [5, 5.41) is 12.1. The first-order chi connectivity index (χ1) is 9.60. The molecule has 0 spiro atoms. The summed E-state index contributed by atoms with van der Waals surface area (Å²) in [5.41, 5.74) is -1.11. The van der Waals surface area contributed by atoms with E-state index in [1.54, 1.807) is 0 Å². The molecule has 1 saturated heterocycles. The van der Waals surface area contributed by atoms with Crippen LogP contribution in [0.2, 0.25) is 0 Å². The van der Waals surface area contributed by atoms with Crippen LogP contribution in [0.1, 0.15) is 64.7 Å². The summed E-state index contributed by atoms with van der Waals surface area (Å²) in [5.74, 6) is -1.10. The van der Waals surface area contributed by atoms with Gasteiger partial charge in [-0.1, -0.05) is 39.0 Å². The zero-order valence-corrected chi connectivity index (χ0v) is 12.5. The minimum atomic E-state index is -1.11. The molecule has 0 aromatic heterocycles. The molecule has 1 rings (SSSR count). The minimum Gasteiger partial charge on any atom is -0.480 e. The molecule has 1 amide bonds. The number of carboxylic acid groups (broad SMARTS) is 1. The van der Waals surface area contributed by atoms with Crippen LogP contribution < -0.4 is 5.32 Å². The molecule has 2 N–H and O–H groups in total. The highest BCUT2D eigenvalue weighted by Gasteiger charge is 2.41. The van der Waals surface area contributed by atoms with Gasteiger partial charge in [0.25, 0.3) is 0 Å². The highest BCUT2D eigenvalue weighted by molar-refractivity contribution is 5.87. The quantitative estimate of drug-likeness (QED) is 0.638. The molecule has 5 heteroatoms. The smallest absolute Gasteiger partial charge is 0.329 e. The number of amides is 1. The molecule has 20 heavy (non-hydrogen) atoms. The van der Waals surface area contributed by atoms with Gasteiger partial charge in [0.05, 0.1) is 0 Å². The maximum Gasteiger partial charge on any atom is 0.329 e. The molecule has 1 aliphatic heterocycles. The second-order valence-electron chi connectivity index (χ2n) is 5.57. The van der Waals surface area contributed by atoms with Gasteiger partial charge in [-0.05, 0) is 6.42 Å². The third kappa shape index (κ3) is 5.49. The van der Waals surface area contributed by atoms with Gasteiger partial charge in [-0.2, -0.15) is 0 Å². The third-order valence-corrected chi connectivity index (χ3v) is 3.89. The number of carbonyl (C=O) groups is 2. The number of rotatable bonds is 9. The molecule has 0 saturated carbocycles. The molecule has 0 bridgehead atoms. The molecular formula is C15H27NO4. The molecular weight excluding hydrogens is 258 g/mol. The van der Waals surface area contributed by atoms with Crippen molar-refractivity contribution in [3.63, 3.8) is 0 Å². The maximum absolute atomic E-state index is 11.9. The molecule has 0 radical (unpaired) electrons. The van der Waals surface area contributed by atoms with Crippen LogP contribution in [0.5, 0.6) is 0 Å². The number of ether oxygens (including phenoxy) is 1. The van der Waals surface area contributed by atoms with Crippen molar-refractivity contribution in [2.24, 2.45) is 0 Å². The molecule has 0 aliphatic carbocycles. The van der Waals surface area contributed by atoms with Crippen LogP contribution in [0.15, 0.2) is 0 Å². The van der Waals surface area contributed by atoms with Crippen LogP contribution in [0.4, 0.5) is 0 Å². The van der Waals surface area contributed by atoms with Gasteiger partial charge in [0.15, 0.2) is 0 Å². The van der Waals surface area contributed by atoms with E-state index in [9.17, 15) is 14.7 Å². The Morgan fingerprint density at radius 3 is 2.30 bits per heavy atom. The molecule has 1 fully saturated rings. The van der Waals surface area contributed by atoms with Gasteiger partial charge in [-0.15, -0.1) is 0 Å². The number of unbranched alkanes of at least 4 members (excludes halogenated alkanes) is 5. The number of aliphatic carboxylic acids is 1. The Hall–Kier alpha value is -1.10. The predicted octanol–water partition coefficient (Wildman–Crippen LogP) is 2.49. The Kier molecular flexibility index (Phi) is 7.59. The topological polar surface area (TPSA) is 75.6 Å². The van der Waals surface area contributed by atoms with Gasteiger partial charge < -0.3 is 15.2 Å². The van der Waals surface area contributed by atoms with Crippen molar-refractivity contribution in [2.45, 2.75) is 70.3 Å². The lowest BCUT2D eigenvalue weighted by Gasteiger charge is -2.33. The van der Waals surface area contributed by atoms with Crippen molar-refractivity contribution < 1.29 is 19.4 Å². The zero-order valence-electron chi connectivity index (χ0n) is 12.5. The Labute approximate surface area is 121 Å². The van der Waals surface area contributed by atoms with E-state index in [0.717, 1.165) is 19.3 Å². The summed E-state index contributed by atoms with van der Waals surface area (Å²) in [6, 6.07) is 0. The highest BCUT2D eigenvalue weighted by atomic mass is 16.5. The number of carbonyl (C=O) groups excluding carboxylic acids is 1. The van der Waals surface area contributed by atoms with Gasteiger partial charge in [0, 0.05) is 32.5 Å². The lowest BCUT2D eigenvalue weighted by Crippen LogP contribution is -2.57. The average Bonchev–Trinajstić information content (AvgIpc) is 2.43. The number of nitrogens with one attached hydrogen (secondary N) is 1.